The Labute approximate surface area is 104 Å². The Bertz CT molecular complexity index is 253. The van der Waals surface area contributed by atoms with Gasteiger partial charge in [0, 0.05) is 25.6 Å². The molecule has 98 valence electrons. The molecule has 0 bridgehead atoms. The first-order valence-corrected chi connectivity index (χ1v) is 7.06. The van der Waals surface area contributed by atoms with Gasteiger partial charge in [-0.05, 0) is 37.6 Å². The first kappa shape index (κ1) is 13.0. The summed E-state index contributed by atoms with van der Waals surface area (Å²) >= 11 is 0. The Hall–Kier alpha value is -0.410. The zero-order chi connectivity index (χ0) is 12.1. The minimum atomic E-state index is 0.133. The highest BCUT2D eigenvalue weighted by atomic mass is 16.5. The van der Waals surface area contributed by atoms with Crippen LogP contribution < -0.4 is 5.73 Å². The molecule has 0 aromatic heterocycles. The third-order valence-electron chi connectivity index (χ3n) is 4.57. The van der Waals surface area contributed by atoms with Crippen molar-refractivity contribution in [3.63, 3.8) is 0 Å². The summed E-state index contributed by atoms with van der Waals surface area (Å²) in [6.07, 6.45) is 8.66. The maximum absolute atomic E-state index is 12.3. The molecule has 2 N–H and O–H groups in total. The molecule has 2 aliphatic rings. The molecular formula is C14H25NO2. The van der Waals surface area contributed by atoms with Gasteiger partial charge in [-0.25, -0.2) is 0 Å². The maximum Gasteiger partial charge on any atom is 0.136 e. The second-order valence-electron chi connectivity index (χ2n) is 5.79. The lowest BCUT2D eigenvalue weighted by atomic mass is 9.69. The predicted octanol–water partition coefficient (Wildman–Crippen LogP) is 2.28. The summed E-state index contributed by atoms with van der Waals surface area (Å²) in [4.78, 5) is 12.3. The van der Waals surface area contributed by atoms with Crippen LogP contribution in [0.3, 0.4) is 0 Å². The van der Waals surface area contributed by atoms with Crippen LogP contribution in [0.25, 0.3) is 0 Å². The average Bonchev–Trinajstić information content (AvgIpc) is 2.41. The number of Topliss-reactive ketones (excluding diaryl/α,β-unsaturated/α-hetero) is 1. The lowest BCUT2D eigenvalue weighted by Crippen LogP contribution is -2.37. The fourth-order valence-corrected chi connectivity index (χ4v) is 3.29. The van der Waals surface area contributed by atoms with Gasteiger partial charge in [-0.2, -0.15) is 0 Å². The Morgan fingerprint density at radius 2 is 1.82 bits per heavy atom. The van der Waals surface area contributed by atoms with Crippen LogP contribution in [-0.2, 0) is 9.53 Å². The number of nitrogens with two attached hydrogens (primary N) is 1. The van der Waals surface area contributed by atoms with Gasteiger partial charge in [0.2, 0.25) is 0 Å². The van der Waals surface area contributed by atoms with Gasteiger partial charge in [-0.3, -0.25) is 4.79 Å². The van der Waals surface area contributed by atoms with Crippen molar-refractivity contribution in [2.75, 3.05) is 19.8 Å². The summed E-state index contributed by atoms with van der Waals surface area (Å²) < 4.78 is 5.31. The maximum atomic E-state index is 12.3. The number of ketones is 1. The van der Waals surface area contributed by atoms with Gasteiger partial charge < -0.3 is 10.5 Å². The van der Waals surface area contributed by atoms with Crippen molar-refractivity contribution in [1.82, 2.24) is 0 Å². The highest BCUT2D eigenvalue weighted by Crippen LogP contribution is 2.39. The van der Waals surface area contributed by atoms with E-state index in [1.165, 1.54) is 19.3 Å². The molecular weight excluding hydrogens is 214 g/mol. The smallest absolute Gasteiger partial charge is 0.136 e. The summed E-state index contributed by atoms with van der Waals surface area (Å²) in [6, 6.07) is 0. The number of carbonyl (C=O) groups is 1. The Morgan fingerprint density at radius 3 is 2.41 bits per heavy atom. The van der Waals surface area contributed by atoms with Crippen LogP contribution in [0.2, 0.25) is 0 Å². The normalized spacial score (nSPS) is 25.7. The molecule has 3 heteroatoms. The highest BCUT2D eigenvalue weighted by molar-refractivity contribution is 5.81. The molecule has 0 radical (unpaired) electrons. The topological polar surface area (TPSA) is 52.3 Å². The van der Waals surface area contributed by atoms with Gasteiger partial charge in [-0.15, -0.1) is 0 Å². The third kappa shape index (κ3) is 3.29. The fourth-order valence-electron chi connectivity index (χ4n) is 3.29. The largest absolute Gasteiger partial charge is 0.381 e. The molecule has 2 rings (SSSR count). The molecule has 1 heterocycles. The van der Waals surface area contributed by atoms with Gasteiger partial charge in [0.05, 0.1) is 0 Å². The lowest BCUT2D eigenvalue weighted by Gasteiger charge is -2.37. The zero-order valence-corrected chi connectivity index (χ0v) is 10.7. The van der Waals surface area contributed by atoms with Crippen LogP contribution in [0.1, 0.15) is 51.4 Å². The molecule has 3 nitrogen and oxygen atoms in total. The summed E-state index contributed by atoms with van der Waals surface area (Å²) in [6.45, 7) is 2.19. The van der Waals surface area contributed by atoms with Crippen molar-refractivity contribution < 1.29 is 9.53 Å². The highest BCUT2D eigenvalue weighted by Gasteiger charge is 2.35. The molecule has 0 spiro atoms. The minimum Gasteiger partial charge on any atom is -0.381 e. The summed E-state index contributed by atoms with van der Waals surface area (Å²) in [5.41, 5.74) is 6.07. The van der Waals surface area contributed by atoms with Crippen LogP contribution in [0.4, 0.5) is 0 Å². The Kier molecular flexibility index (Phi) is 4.57. The van der Waals surface area contributed by atoms with E-state index in [1.54, 1.807) is 0 Å². The second kappa shape index (κ2) is 5.96. The van der Waals surface area contributed by atoms with Crippen molar-refractivity contribution in [2.45, 2.75) is 51.4 Å². The molecule has 0 aromatic rings. The van der Waals surface area contributed by atoms with Gasteiger partial charge in [0.1, 0.15) is 5.78 Å². The average molecular weight is 239 g/mol. The van der Waals surface area contributed by atoms with E-state index in [4.69, 9.17) is 10.5 Å². The molecule has 0 atom stereocenters. The fraction of sp³-hybridized carbons (Fsp3) is 0.929. The van der Waals surface area contributed by atoms with E-state index >= 15 is 0 Å². The van der Waals surface area contributed by atoms with Crippen molar-refractivity contribution in [3.05, 3.63) is 0 Å². The van der Waals surface area contributed by atoms with Gasteiger partial charge in [0.25, 0.3) is 0 Å². The van der Waals surface area contributed by atoms with Crippen LogP contribution >= 0.6 is 0 Å². The van der Waals surface area contributed by atoms with Gasteiger partial charge in [-0.1, -0.05) is 19.3 Å². The van der Waals surface area contributed by atoms with E-state index in [-0.39, 0.29) is 11.3 Å². The molecule has 0 aromatic carbocycles. The van der Waals surface area contributed by atoms with Crippen molar-refractivity contribution in [3.8, 4) is 0 Å². The van der Waals surface area contributed by atoms with E-state index in [1.807, 2.05) is 0 Å². The van der Waals surface area contributed by atoms with Crippen molar-refractivity contribution >= 4 is 5.78 Å². The van der Waals surface area contributed by atoms with Crippen LogP contribution in [-0.4, -0.2) is 25.5 Å². The quantitative estimate of drug-likeness (QED) is 0.819. The van der Waals surface area contributed by atoms with Crippen LogP contribution in [0, 0.1) is 11.3 Å². The number of rotatable bonds is 4. The first-order chi connectivity index (χ1) is 8.26. The number of carbonyl (C=O) groups excluding carboxylic acids is 1. The molecule has 0 unspecified atom stereocenters. The van der Waals surface area contributed by atoms with Crippen LogP contribution in [0.5, 0.6) is 0 Å². The van der Waals surface area contributed by atoms with E-state index < -0.39 is 0 Å². The number of ether oxygens (including phenoxy) is 1. The van der Waals surface area contributed by atoms with Crippen molar-refractivity contribution in [2.24, 2.45) is 17.1 Å². The number of hydrogen-bond acceptors (Lipinski definition) is 3. The summed E-state index contributed by atoms with van der Waals surface area (Å²) in [7, 11) is 0. The molecule has 1 saturated carbocycles. The van der Waals surface area contributed by atoms with Crippen molar-refractivity contribution in [1.29, 1.82) is 0 Å². The minimum absolute atomic E-state index is 0.133. The first-order valence-electron chi connectivity index (χ1n) is 7.06. The van der Waals surface area contributed by atoms with E-state index in [9.17, 15) is 4.79 Å². The zero-order valence-electron chi connectivity index (χ0n) is 10.7. The lowest BCUT2D eigenvalue weighted by molar-refractivity contribution is -0.128. The molecule has 1 saturated heterocycles. The van der Waals surface area contributed by atoms with E-state index in [0.717, 1.165) is 38.9 Å². The Balaban J connectivity index is 1.90. The molecule has 2 fully saturated rings. The van der Waals surface area contributed by atoms with E-state index in [0.29, 0.717) is 18.7 Å². The molecule has 0 amide bonds. The molecule has 1 aliphatic heterocycles. The third-order valence-corrected chi connectivity index (χ3v) is 4.57. The standard InChI is InChI=1S/C14H25NO2/c15-11-14(6-2-1-3-7-14)10-13(16)12-4-8-17-9-5-12/h12H,1-11,15H2. The second-order valence-corrected chi connectivity index (χ2v) is 5.79. The predicted molar refractivity (Wildman–Crippen MR) is 67.7 cm³/mol. The van der Waals surface area contributed by atoms with Gasteiger partial charge in [0.15, 0.2) is 0 Å². The SMILES string of the molecule is NCC1(CC(=O)C2CCOCC2)CCCCC1. The summed E-state index contributed by atoms with van der Waals surface area (Å²) in [5, 5.41) is 0. The van der Waals surface area contributed by atoms with Gasteiger partial charge >= 0.3 is 0 Å². The molecule has 17 heavy (non-hydrogen) atoms. The molecule has 1 aliphatic carbocycles. The number of hydrogen-bond donors (Lipinski definition) is 1. The Morgan fingerprint density at radius 1 is 1.18 bits per heavy atom. The summed E-state index contributed by atoms with van der Waals surface area (Å²) in [5.74, 6) is 0.690. The monoisotopic (exact) mass is 239 g/mol. The van der Waals surface area contributed by atoms with Crippen LogP contribution in [0.15, 0.2) is 0 Å². The van der Waals surface area contributed by atoms with E-state index in [2.05, 4.69) is 0 Å².